The molecule has 2 heterocycles. The molecule has 7 nitrogen and oxygen atoms in total. The molecule has 0 saturated carbocycles. The summed E-state index contributed by atoms with van der Waals surface area (Å²) in [5, 5.41) is 1.93. The Bertz CT molecular complexity index is 993. The van der Waals surface area contributed by atoms with E-state index < -0.39 is 12.6 Å². The first-order valence-electron chi connectivity index (χ1n) is 8.81. The number of aromatic nitrogens is 1. The number of nitrogens with one attached hydrogen (secondary N) is 1. The molecule has 1 amide bonds. The Morgan fingerprint density at radius 2 is 1.90 bits per heavy atom. The number of ketones is 1. The van der Waals surface area contributed by atoms with Gasteiger partial charge in [-0.15, -0.1) is 11.3 Å². The van der Waals surface area contributed by atoms with Crippen molar-refractivity contribution in [3.63, 3.8) is 0 Å². The normalized spacial score (nSPS) is 10.4. The molecule has 0 aliphatic carbocycles. The molecule has 8 heteroatoms. The third kappa shape index (κ3) is 5.11. The number of carbonyl (C=O) groups excluding carboxylic acids is 3. The molecule has 0 spiro atoms. The maximum absolute atomic E-state index is 12.8. The molecule has 0 fully saturated rings. The van der Waals surface area contributed by atoms with Crippen LogP contribution in [0.15, 0.2) is 54.0 Å². The summed E-state index contributed by atoms with van der Waals surface area (Å²) < 4.78 is 10.3. The zero-order valence-electron chi connectivity index (χ0n) is 16.0. The Kier molecular flexibility index (Phi) is 6.46. The fourth-order valence-corrected chi connectivity index (χ4v) is 3.34. The minimum atomic E-state index is -0.698. The van der Waals surface area contributed by atoms with Gasteiger partial charge in [-0.2, -0.15) is 0 Å². The maximum Gasteiger partial charge on any atom is 0.355 e. The number of aromatic amines is 1. The van der Waals surface area contributed by atoms with Gasteiger partial charge in [-0.05, 0) is 48.7 Å². The van der Waals surface area contributed by atoms with Crippen LogP contribution in [0.4, 0.5) is 5.69 Å². The van der Waals surface area contributed by atoms with Crippen LogP contribution in [0.1, 0.15) is 32.6 Å². The number of rotatable bonds is 8. The van der Waals surface area contributed by atoms with Gasteiger partial charge in [0.15, 0.2) is 12.4 Å². The van der Waals surface area contributed by atoms with E-state index in [9.17, 15) is 14.4 Å². The molecule has 0 aliphatic rings. The molecule has 1 aromatic carbocycles. The van der Waals surface area contributed by atoms with Crippen molar-refractivity contribution in [1.82, 2.24) is 4.98 Å². The number of thiophene rings is 1. The van der Waals surface area contributed by atoms with Gasteiger partial charge >= 0.3 is 5.97 Å². The number of hydrogen-bond donors (Lipinski definition) is 1. The van der Waals surface area contributed by atoms with Crippen molar-refractivity contribution in [2.45, 2.75) is 13.5 Å². The van der Waals surface area contributed by atoms with Crippen molar-refractivity contribution in [3.05, 3.63) is 70.2 Å². The third-order valence-electron chi connectivity index (χ3n) is 4.22. The van der Waals surface area contributed by atoms with E-state index in [0.717, 1.165) is 4.88 Å². The number of hydrogen-bond acceptors (Lipinski definition) is 6. The summed E-state index contributed by atoms with van der Waals surface area (Å²) in [6, 6.07) is 12.3. The highest BCUT2D eigenvalue weighted by Gasteiger charge is 2.20. The van der Waals surface area contributed by atoms with Gasteiger partial charge in [0.1, 0.15) is 11.4 Å². The molecule has 3 aromatic rings. The molecule has 29 heavy (non-hydrogen) atoms. The van der Waals surface area contributed by atoms with Crippen LogP contribution >= 0.6 is 11.3 Å². The van der Waals surface area contributed by atoms with E-state index in [1.807, 2.05) is 17.5 Å². The van der Waals surface area contributed by atoms with Crippen molar-refractivity contribution in [2.24, 2.45) is 0 Å². The van der Waals surface area contributed by atoms with Crippen molar-refractivity contribution in [1.29, 1.82) is 0 Å². The highest BCUT2D eigenvalue weighted by atomic mass is 32.1. The summed E-state index contributed by atoms with van der Waals surface area (Å²) in [6.45, 7) is 1.33. The summed E-state index contributed by atoms with van der Waals surface area (Å²) in [5.74, 6) is -0.554. The molecule has 0 aliphatic heterocycles. The number of nitrogens with zero attached hydrogens (tertiary/aromatic N) is 1. The standard InChI is InChI=1S/C21H20N2O5S/c1-14(24)15-10-19(22-11-15)21(26)28-13-20(25)23(12-18-4-3-9-29-18)16-5-7-17(27-2)8-6-16/h3-11,22H,12-13H2,1-2H3. The number of carbonyl (C=O) groups is 3. The highest BCUT2D eigenvalue weighted by Crippen LogP contribution is 2.23. The minimum Gasteiger partial charge on any atom is -0.497 e. The van der Waals surface area contributed by atoms with Gasteiger partial charge in [-0.3, -0.25) is 9.59 Å². The molecule has 2 aromatic heterocycles. The number of Topliss-reactive ketones (excluding diaryl/α,β-unsaturated/α-hetero) is 1. The number of benzene rings is 1. The van der Waals surface area contributed by atoms with Crippen molar-refractivity contribution in [3.8, 4) is 5.75 Å². The lowest BCUT2D eigenvalue weighted by Crippen LogP contribution is -2.34. The van der Waals surface area contributed by atoms with Gasteiger partial charge in [0.05, 0.1) is 13.7 Å². The zero-order chi connectivity index (χ0) is 20.8. The van der Waals surface area contributed by atoms with E-state index in [2.05, 4.69) is 4.98 Å². The highest BCUT2D eigenvalue weighted by molar-refractivity contribution is 7.09. The first-order valence-corrected chi connectivity index (χ1v) is 9.69. The number of methoxy groups -OCH3 is 1. The number of ether oxygens (including phenoxy) is 2. The number of H-pyrrole nitrogens is 1. The van der Waals surface area contributed by atoms with E-state index in [4.69, 9.17) is 9.47 Å². The van der Waals surface area contributed by atoms with Gasteiger partial charge < -0.3 is 19.4 Å². The predicted molar refractivity (Wildman–Crippen MR) is 110 cm³/mol. The average molecular weight is 412 g/mol. The average Bonchev–Trinajstić information content (AvgIpc) is 3.42. The Morgan fingerprint density at radius 3 is 2.48 bits per heavy atom. The predicted octanol–water partition coefficient (Wildman–Crippen LogP) is 3.68. The van der Waals surface area contributed by atoms with Crippen LogP contribution in [0.5, 0.6) is 5.75 Å². The second-order valence-electron chi connectivity index (χ2n) is 6.19. The van der Waals surface area contributed by atoms with E-state index in [1.165, 1.54) is 30.5 Å². The van der Waals surface area contributed by atoms with Gasteiger partial charge in [-0.25, -0.2) is 4.79 Å². The van der Waals surface area contributed by atoms with Gasteiger partial charge in [0, 0.05) is 22.3 Å². The molecule has 0 saturated heterocycles. The third-order valence-corrected chi connectivity index (χ3v) is 5.08. The topological polar surface area (TPSA) is 88.7 Å². The smallest absolute Gasteiger partial charge is 0.355 e. The van der Waals surface area contributed by atoms with Gasteiger partial charge in [0.25, 0.3) is 5.91 Å². The largest absolute Gasteiger partial charge is 0.497 e. The number of amides is 1. The molecular formula is C21H20N2O5S. The second-order valence-corrected chi connectivity index (χ2v) is 7.22. The molecular weight excluding hydrogens is 392 g/mol. The van der Waals surface area contributed by atoms with Crippen molar-refractivity contribution < 1.29 is 23.9 Å². The summed E-state index contributed by atoms with van der Waals surface area (Å²) in [4.78, 5) is 41.6. The molecule has 0 atom stereocenters. The summed E-state index contributed by atoms with van der Waals surface area (Å²) in [7, 11) is 1.57. The van der Waals surface area contributed by atoms with Crippen LogP contribution < -0.4 is 9.64 Å². The lowest BCUT2D eigenvalue weighted by Gasteiger charge is -2.22. The fraction of sp³-hybridized carbons (Fsp3) is 0.190. The molecule has 1 N–H and O–H groups in total. The van der Waals surface area contributed by atoms with E-state index >= 15 is 0 Å². The SMILES string of the molecule is COc1ccc(N(Cc2cccs2)C(=O)COC(=O)c2cc(C(C)=O)c[nH]2)cc1. The molecule has 150 valence electrons. The molecule has 3 rings (SSSR count). The molecule has 0 bridgehead atoms. The Morgan fingerprint density at radius 1 is 1.14 bits per heavy atom. The molecule has 0 radical (unpaired) electrons. The van der Waals surface area contributed by atoms with Crippen LogP contribution in [-0.2, 0) is 16.1 Å². The number of esters is 1. The Balaban J connectivity index is 1.71. The quantitative estimate of drug-likeness (QED) is 0.450. The summed E-state index contributed by atoms with van der Waals surface area (Å²) >= 11 is 1.53. The van der Waals surface area contributed by atoms with Crippen LogP contribution in [0.3, 0.4) is 0 Å². The maximum atomic E-state index is 12.8. The fourth-order valence-electron chi connectivity index (χ4n) is 2.64. The zero-order valence-corrected chi connectivity index (χ0v) is 16.8. The minimum absolute atomic E-state index is 0.122. The Hall–Kier alpha value is -3.39. The van der Waals surface area contributed by atoms with Crippen molar-refractivity contribution in [2.75, 3.05) is 18.6 Å². The van der Waals surface area contributed by atoms with Gasteiger partial charge in [-0.1, -0.05) is 6.07 Å². The van der Waals surface area contributed by atoms with Crippen LogP contribution in [0, 0.1) is 0 Å². The van der Waals surface area contributed by atoms with Crippen LogP contribution in [-0.4, -0.2) is 36.4 Å². The lowest BCUT2D eigenvalue weighted by atomic mass is 10.2. The van der Waals surface area contributed by atoms with Crippen LogP contribution in [0.25, 0.3) is 0 Å². The first kappa shape index (κ1) is 20.3. The van der Waals surface area contributed by atoms with E-state index in [-0.39, 0.29) is 17.4 Å². The van der Waals surface area contributed by atoms with E-state index in [1.54, 1.807) is 36.3 Å². The first-order chi connectivity index (χ1) is 14.0. The second kappa shape index (κ2) is 9.20. The van der Waals surface area contributed by atoms with Crippen molar-refractivity contribution >= 4 is 34.7 Å². The van der Waals surface area contributed by atoms with Gasteiger partial charge in [0.2, 0.25) is 0 Å². The Labute approximate surface area is 171 Å². The molecule has 0 unspecified atom stereocenters. The number of anilines is 1. The monoisotopic (exact) mass is 412 g/mol. The van der Waals surface area contributed by atoms with Crippen LogP contribution in [0.2, 0.25) is 0 Å². The van der Waals surface area contributed by atoms with E-state index in [0.29, 0.717) is 23.5 Å². The lowest BCUT2D eigenvalue weighted by molar-refractivity contribution is -0.121. The summed E-state index contributed by atoms with van der Waals surface area (Å²) in [6.07, 6.45) is 1.43. The summed E-state index contributed by atoms with van der Waals surface area (Å²) in [5.41, 5.74) is 1.16.